The van der Waals surface area contributed by atoms with E-state index in [2.05, 4.69) is 12.2 Å². The van der Waals surface area contributed by atoms with Crippen LogP contribution in [0.2, 0.25) is 0 Å². The van der Waals surface area contributed by atoms with Crippen LogP contribution < -0.4 is 5.32 Å². The monoisotopic (exact) mass is 182 g/mol. The molecule has 0 aliphatic carbocycles. The maximum atomic E-state index is 10.8. The molecular weight excluding hydrogens is 174 g/mol. The lowest BCUT2D eigenvalue weighted by molar-refractivity contribution is -0.113. The van der Waals surface area contributed by atoms with Crippen molar-refractivity contribution in [2.24, 2.45) is 0 Å². The summed E-state index contributed by atoms with van der Waals surface area (Å²) < 4.78 is 0. The Kier molecular flexibility index (Phi) is 3.11. The van der Waals surface area contributed by atoms with E-state index in [-0.39, 0.29) is 11.8 Å². The zero-order valence-electron chi connectivity index (χ0n) is 6.51. The molecular formula is C9H9ClNO. The molecule has 0 bridgehead atoms. The molecule has 1 aromatic carbocycles. The third kappa shape index (κ3) is 2.55. The van der Waals surface area contributed by atoms with Crippen LogP contribution in [-0.4, -0.2) is 11.8 Å². The Bertz CT molecular complexity index is 268. The van der Waals surface area contributed by atoms with E-state index in [1.807, 2.05) is 12.1 Å². The van der Waals surface area contributed by atoms with Crippen molar-refractivity contribution < 1.29 is 4.79 Å². The summed E-state index contributed by atoms with van der Waals surface area (Å²) in [4.78, 5) is 10.8. The topological polar surface area (TPSA) is 29.1 Å². The average molecular weight is 183 g/mol. The summed E-state index contributed by atoms with van der Waals surface area (Å²) in [5, 5.41) is 2.62. The fraction of sp³-hybridized carbons (Fsp3) is 0.111. The molecule has 12 heavy (non-hydrogen) atoms. The zero-order valence-corrected chi connectivity index (χ0v) is 7.27. The van der Waals surface area contributed by atoms with Gasteiger partial charge >= 0.3 is 0 Å². The number of alkyl halides is 1. The number of rotatable bonds is 2. The minimum Gasteiger partial charge on any atom is -0.325 e. The normalized spacial score (nSPS) is 9.50. The van der Waals surface area contributed by atoms with E-state index in [1.54, 1.807) is 12.1 Å². The van der Waals surface area contributed by atoms with Crippen LogP contribution in [0.15, 0.2) is 24.3 Å². The van der Waals surface area contributed by atoms with Crippen LogP contribution in [0.3, 0.4) is 0 Å². The van der Waals surface area contributed by atoms with Gasteiger partial charge < -0.3 is 5.32 Å². The summed E-state index contributed by atoms with van der Waals surface area (Å²) in [6, 6.07) is 7.22. The summed E-state index contributed by atoms with van der Waals surface area (Å²) in [5.41, 5.74) is 1.66. The molecule has 0 spiro atoms. The van der Waals surface area contributed by atoms with Gasteiger partial charge in [-0.2, -0.15) is 0 Å². The lowest BCUT2D eigenvalue weighted by atomic mass is 10.2. The lowest BCUT2D eigenvalue weighted by Gasteiger charge is -2.01. The second-order valence-corrected chi connectivity index (χ2v) is 2.65. The Morgan fingerprint density at radius 3 is 2.50 bits per heavy atom. The van der Waals surface area contributed by atoms with Crippen molar-refractivity contribution in [1.82, 2.24) is 0 Å². The minimum absolute atomic E-state index is 0.0217. The molecule has 3 heteroatoms. The molecule has 0 aliphatic rings. The standard InChI is InChI=1S/C9H9ClNO/c1-7-2-4-8(5-3-7)11-9(12)6-10/h2-5H,1,6H2,(H,11,12). The summed E-state index contributed by atoms with van der Waals surface area (Å²) >= 11 is 5.31. The molecule has 0 fully saturated rings. The molecule has 0 heterocycles. The first-order valence-electron chi connectivity index (χ1n) is 3.50. The number of nitrogens with one attached hydrogen (secondary N) is 1. The highest BCUT2D eigenvalue weighted by Crippen LogP contribution is 2.08. The van der Waals surface area contributed by atoms with E-state index < -0.39 is 0 Å². The maximum absolute atomic E-state index is 10.8. The third-order valence-electron chi connectivity index (χ3n) is 1.36. The molecule has 0 aliphatic heterocycles. The van der Waals surface area contributed by atoms with Crippen LogP contribution in [0, 0.1) is 6.92 Å². The van der Waals surface area contributed by atoms with Crippen molar-refractivity contribution >= 4 is 23.2 Å². The summed E-state index contributed by atoms with van der Waals surface area (Å²) in [6.07, 6.45) is 0. The van der Waals surface area contributed by atoms with Gasteiger partial charge in [-0.3, -0.25) is 4.79 Å². The van der Waals surface area contributed by atoms with Crippen molar-refractivity contribution in [2.75, 3.05) is 11.2 Å². The molecule has 0 aromatic heterocycles. The zero-order chi connectivity index (χ0) is 8.97. The Balaban J connectivity index is 2.64. The van der Waals surface area contributed by atoms with Crippen LogP contribution in [0.25, 0.3) is 0 Å². The second kappa shape index (κ2) is 4.12. The second-order valence-electron chi connectivity index (χ2n) is 2.38. The number of anilines is 1. The molecule has 1 rings (SSSR count). The molecule has 0 saturated carbocycles. The molecule has 1 radical (unpaired) electrons. The smallest absolute Gasteiger partial charge is 0.239 e. The van der Waals surface area contributed by atoms with Crippen LogP contribution in [-0.2, 0) is 4.79 Å². The third-order valence-corrected chi connectivity index (χ3v) is 1.60. The van der Waals surface area contributed by atoms with Crippen molar-refractivity contribution in [3.05, 3.63) is 36.8 Å². The number of benzene rings is 1. The fourth-order valence-corrected chi connectivity index (χ4v) is 0.849. The van der Waals surface area contributed by atoms with E-state index in [1.165, 1.54) is 0 Å². The van der Waals surface area contributed by atoms with Gasteiger partial charge in [0.2, 0.25) is 5.91 Å². The predicted molar refractivity (Wildman–Crippen MR) is 50.3 cm³/mol. The van der Waals surface area contributed by atoms with E-state index >= 15 is 0 Å². The molecule has 1 N–H and O–H groups in total. The van der Waals surface area contributed by atoms with E-state index in [4.69, 9.17) is 11.6 Å². The number of carbonyl (C=O) groups excluding carboxylic acids is 1. The van der Waals surface area contributed by atoms with Gasteiger partial charge in [0.15, 0.2) is 0 Å². The van der Waals surface area contributed by atoms with Gasteiger partial charge in [-0.25, -0.2) is 0 Å². The first kappa shape index (κ1) is 9.07. The Hall–Kier alpha value is -1.02. The first-order valence-corrected chi connectivity index (χ1v) is 4.03. The molecule has 63 valence electrons. The highest BCUT2D eigenvalue weighted by molar-refractivity contribution is 6.29. The summed E-state index contributed by atoms with van der Waals surface area (Å²) in [7, 11) is 0. The molecule has 0 unspecified atom stereocenters. The van der Waals surface area contributed by atoms with E-state index in [0.29, 0.717) is 0 Å². The van der Waals surface area contributed by atoms with Crippen molar-refractivity contribution in [3.63, 3.8) is 0 Å². The number of carbonyl (C=O) groups is 1. The molecule has 0 saturated heterocycles. The van der Waals surface area contributed by atoms with Crippen molar-refractivity contribution in [1.29, 1.82) is 0 Å². The van der Waals surface area contributed by atoms with E-state index in [9.17, 15) is 4.79 Å². The lowest BCUT2D eigenvalue weighted by Crippen LogP contribution is -2.12. The number of hydrogen-bond donors (Lipinski definition) is 1. The van der Waals surface area contributed by atoms with Gasteiger partial charge in [-0.15, -0.1) is 11.6 Å². The average Bonchev–Trinajstić information content (AvgIpc) is 2.09. The number of halogens is 1. The Labute approximate surface area is 76.5 Å². The number of amides is 1. The SMILES string of the molecule is [CH2]c1ccc(NC(=O)CCl)cc1. The highest BCUT2D eigenvalue weighted by Gasteiger charge is 1.97. The summed E-state index contributed by atoms with van der Waals surface area (Å²) in [6.45, 7) is 3.72. The van der Waals surface area contributed by atoms with Crippen LogP contribution >= 0.6 is 11.6 Å². The quantitative estimate of drug-likeness (QED) is 0.697. The van der Waals surface area contributed by atoms with Crippen molar-refractivity contribution in [2.45, 2.75) is 0 Å². The first-order chi connectivity index (χ1) is 5.72. The minimum atomic E-state index is -0.200. The molecule has 1 amide bonds. The Morgan fingerprint density at radius 2 is 2.00 bits per heavy atom. The number of hydrogen-bond acceptors (Lipinski definition) is 1. The largest absolute Gasteiger partial charge is 0.325 e. The highest BCUT2D eigenvalue weighted by atomic mass is 35.5. The molecule has 2 nitrogen and oxygen atoms in total. The molecule has 1 aromatic rings. The van der Waals surface area contributed by atoms with Gasteiger partial charge in [-0.05, 0) is 24.6 Å². The van der Waals surface area contributed by atoms with Crippen LogP contribution in [0.1, 0.15) is 5.56 Å². The van der Waals surface area contributed by atoms with Crippen LogP contribution in [0.5, 0.6) is 0 Å². The van der Waals surface area contributed by atoms with Gasteiger partial charge in [-0.1, -0.05) is 12.1 Å². The van der Waals surface area contributed by atoms with Gasteiger partial charge in [0, 0.05) is 5.69 Å². The Morgan fingerprint density at radius 1 is 1.42 bits per heavy atom. The van der Waals surface area contributed by atoms with Gasteiger partial charge in [0.05, 0.1) is 0 Å². The van der Waals surface area contributed by atoms with Crippen LogP contribution in [0.4, 0.5) is 5.69 Å². The van der Waals surface area contributed by atoms with Gasteiger partial charge in [0.25, 0.3) is 0 Å². The fourth-order valence-electron chi connectivity index (χ4n) is 0.782. The maximum Gasteiger partial charge on any atom is 0.239 e. The molecule has 0 atom stereocenters. The predicted octanol–water partition coefficient (Wildman–Crippen LogP) is 2.05. The van der Waals surface area contributed by atoms with E-state index in [0.717, 1.165) is 11.3 Å². The van der Waals surface area contributed by atoms with Crippen molar-refractivity contribution in [3.8, 4) is 0 Å². The van der Waals surface area contributed by atoms with Gasteiger partial charge in [0.1, 0.15) is 5.88 Å². The summed E-state index contributed by atoms with van der Waals surface area (Å²) in [5.74, 6) is -0.222.